The van der Waals surface area contributed by atoms with Gasteiger partial charge in [-0.25, -0.2) is 0 Å². The van der Waals surface area contributed by atoms with Gasteiger partial charge in [-0.05, 0) is 39.2 Å². The predicted octanol–water partition coefficient (Wildman–Crippen LogP) is 1.27. The molecule has 3 nitrogen and oxygen atoms in total. The van der Waals surface area contributed by atoms with Crippen molar-refractivity contribution in [2.24, 2.45) is 0 Å². The minimum atomic E-state index is 0.249. The third-order valence-electron chi connectivity index (χ3n) is 3.28. The van der Waals surface area contributed by atoms with Crippen molar-refractivity contribution in [3.63, 3.8) is 0 Å². The average molecular weight is 214 g/mol. The molecule has 0 amide bonds. The maximum absolute atomic E-state index is 9.10. The van der Waals surface area contributed by atoms with Gasteiger partial charge in [-0.3, -0.25) is 0 Å². The summed E-state index contributed by atoms with van der Waals surface area (Å²) in [6.07, 6.45) is 6.17. The Morgan fingerprint density at radius 3 is 2.80 bits per heavy atom. The smallest absolute Gasteiger partial charge is 0.0584 e. The highest BCUT2D eigenvalue weighted by Crippen LogP contribution is 2.12. The summed E-state index contributed by atoms with van der Waals surface area (Å²) in [6.45, 7) is 5.75. The van der Waals surface area contributed by atoms with Gasteiger partial charge in [0.1, 0.15) is 0 Å². The van der Waals surface area contributed by atoms with Crippen LogP contribution in [0.15, 0.2) is 0 Å². The second-order valence-electron chi connectivity index (χ2n) is 4.74. The van der Waals surface area contributed by atoms with Gasteiger partial charge in [-0.1, -0.05) is 13.3 Å². The Kier molecular flexibility index (Phi) is 6.22. The van der Waals surface area contributed by atoms with E-state index in [2.05, 4.69) is 24.5 Å². The fourth-order valence-corrected chi connectivity index (χ4v) is 2.32. The average Bonchev–Trinajstić information content (AvgIpc) is 2.27. The van der Waals surface area contributed by atoms with E-state index in [0.717, 1.165) is 6.42 Å². The van der Waals surface area contributed by atoms with E-state index in [4.69, 9.17) is 5.11 Å². The van der Waals surface area contributed by atoms with Gasteiger partial charge < -0.3 is 15.7 Å². The molecule has 1 heterocycles. The van der Waals surface area contributed by atoms with Crippen LogP contribution >= 0.6 is 0 Å². The number of aliphatic hydroxyl groups excluding tert-OH is 1. The molecule has 3 N–H and O–H groups in total. The number of nitrogens with one attached hydrogen (secondary N) is 2. The highest BCUT2D eigenvalue weighted by atomic mass is 16.3. The van der Waals surface area contributed by atoms with Crippen molar-refractivity contribution < 1.29 is 5.11 Å². The normalized spacial score (nSPS) is 26.2. The first-order valence-corrected chi connectivity index (χ1v) is 6.36. The van der Waals surface area contributed by atoms with Gasteiger partial charge in [-0.2, -0.15) is 0 Å². The molecule has 0 aromatic carbocycles. The first kappa shape index (κ1) is 12.9. The lowest BCUT2D eigenvalue weighted by molar-refractivity contribution is 0.222. The first-order valence-electron chi connectivity index (χ1n) is 6.36. The van der Waals surface area contributed by atoms with Crippen molar-refractivity contribution in [3.05, 3.63) is 0 Å². The third-order valence-corrected chi connectivity index (χ3v) is 3.28. The van der Waals surface area contributed by atoms with E-state index < -0.39 is 0 Å². The van der Waals surface area contributed by atoms with Crippen LogP contribution in [0.3, 0.4) is 0 Å². The minimum Gasteiger partial charge on any atom is -0.395 e. The van der Waals surface area contributed by atoms with Crippen molar-refractivity contribution >= 4 is 0 Å². The van der Waals surface area contributed by atoms with Crippen LogP contribution in [0.5, 0.6) is 0 Å². The van der Waals surface area contributed by atoms with Gasteiger partial charge in [0.25, 0.3) is 0 Å². The highest BCUT2D eigenvalue weighted by molar-refractivity contribution is 4.78. The molecule has 0 bridgehead atoms. The van der Waals surface area contributed by atoms with Crippen molar-refractivity contribution in [3.8, 4) is 0 Å². The molecular weight excluding hydrogens is 188 g/mol. The predicted molar refractivity (Wildman–Crippen MR) is 64.0 cm³/mol. The Morgan fingerprint density at radius 1 is 1.47 bits per heavy atom. The zero-order valence-electron chi connectivity index (χ0n) is 10.1. The lowest BCUT2D eigenvalue weighted by Crippen LogP contribution is -2.44. The van der Waals surface area contributed by atoms with Gasteiger partial charge in [0.15, 0.2) is 0 Å². The maximum atomic E-state index is 9.10. The van der Waals surface area contributed by atoms with Crippen LogP contribution in [0.2, 0.25) is 0 Å². The minimum absolute atomic E-state index is 0.249. The summed E-state index contributed by atoms with van der Waals surface area (Å²) in [4.78, 5) is 0. The van der Waals surface area contributed by atoms with Gasteiger partial charge in [-0.15, -0.1) is 0 Å². The quantitative estimate of drug-likeness (QED) is 0.624. The van der Waals surface area contributed by atoms with E-state index in [9.17, 15) is 0 Å². The van der Waals surface area contributed by atoms with Crippen molar-refractivity contribution in [1.29, 1.82) is 0 Å². The number of hydrogen-bond acceptors (Lipinski definition) is 3. The molecule has 0 saturated carbocycles. The summed E-state index contributed by atoms with van der Waals surface area (Å²) in [5.74, 6) is 0. The summed E-state index contributed by atoms with van der Waals surface area (Å²) in [7, 11) is 0. The summed E-state index contributed by atoms with van der Waals surface area (Å²) < 4.78 is 0. The molecule has 3 heteroatoms. The van der Waals surface area contributed by atoms with Crippen LogP contribution < -0.4 is 10.6 Å². The molecule has 90 valence electrons. The molecule has 1 fully saturated rings. The van der Waals surface area contributed by atoms with Crippen molar-refractivity contribution in [1.82, 2.24) is 10.6 Å². The van der Waals surface area contributed by atoms with Gasteiger partial charge in [0.05, 0.1) is 6.61 Å². The largest absolute Gasteiger partial charge is 0.395 e. The fourth-order valence-electron chi connectivity index (χ4n) is 2.32. The Balaban J connectivity index is 2.18. The molecule has 0 radical (unpaired) electrons. The number of hydrogen-bond donors (Lipinski definition) is 3. The van der Waals surface area contributed by atoms with Crippen LogP contribution in [-0.4, -0.2) is 36.4 Å². The Hall–Kier alpha value is -0.120. The van der Waals surface area contributed by atoms with E-state index in [0.29, 0.717) is 12.1 Å². The zero-order valence-corrected chi connectivity index (χ0v) is 10.1. The molecule has 1 aliphatic rings. The first-order chi connectivity index (χ1) is 7.26. The lowest BCUT2D eigenvalue weighted by Gasteiger charge is -2.28. The molecule has 0 aromatic rings. The van der Waals surface area contributed by atoms with Crippen LogP contribution in [0, 0.1) is 0 Å². The molecule has 0 aromatic heterocycles. The molecule has 1 saturated heterocycles. The summed E-state index contributed by atoms with van der Waals surface area (Å²) in [5.41, 5.74) is 0. The second-order valence-corrected chi connectivity index (χ2v) is 4.74. The topological polar surface area (TPSA) is 44.3 Å². The van der Waals surface area contributed by atoms with Gasteiger partial charge in [0.2, 0.25) is 0 Å². The summed E-state index contributed by atoms with van der Waals surface area (Å²) >= 11 is 0. The van der Waals surface area contributed by atoms with Gasteiger partial charge in [0, 0.05) is 18.1 Å². The van der Waals surface area contributed by atoms with Crippen LogP contribution in [0.1, 0.15) is 46.0 Å². The number of aliphatic hydroxyl groups is 1. The molecule has 15 heavy (non-hydrogen) atoms. The molecular formula is C12H26N2O. The molecule has 3 atom stereocenters. The van der Waals surface area contributed by atoms with E-state index in [1.54, 1.807) is 0 Å². The van der Waals surface area contributed by atoms with Crippen LogP contribution in [-0.2, 0) is 0 Å². The van der Waals surface area contributed by atoms with E-state index in [1.807, 2.05) is 0 Å². The molecule has 2 unspecified atom stereocenters. The molecule has 0 aliphatic carbocycles. The highest BCUT2D eigenvalue weighted by Gasteiger charge is 2.17. The van der Waals surface area contributed by atoms with E-state index >= 15 is 0 Å². The second kappa shape index (κ2) is 7.20. The molecule has 1 aliphatic heterocycles. The summed E-state index contributed by atoms with van der Waals surface area (Å²) in [5, 5.41) is 16.1. The fraction of sp³-hybridized carbons (Fsp3) is 1.00. The lowest BCUT2D eigenvalue weighted by atomic mass is 9.98. The summed E-state index contributed by atoms with van der Waals surface area (Å²) in [6, 6.07) is 1.44. The third kappa shape index (κ3) is 4.96. The maximum Gasteiger partial charge on any atom is 0.0584 e. The van der Waals surface area contributed by atoms with Crippen LogP contribution in [0.4, 0.5) is 0 Å². The molecule has 0 spiro atoms. The Morgan fingerprint density at radius 2 is 2.27 bits per heavy atom. The van der Waals surface area contributed by atoms with E-state index in [-0.39, 0.29) is 12.6 Å². The number of piperidine rings is 1. The SMILES string of the molecule is CC[C@@H](CO)NC(C)CC1CCCCN1. The zero-order chi connectivity index (χ0) is 11.1. The standard InChI is InChI=1S/C12H26N2O/c1-3-11(9-15)14-10(2)8-12-6-4-5-7-13-12/h10-15H,3-9H2,1-2H3/t10?,11-,12?/m0/s1. The van der Waals surface area contributed by atoms with Gasteiger partial charge >= 0.3 is 0 Å². The number of rotatable bonds is 6. The monoisotopic (exact) mass is 214 g/mol. The van der Waals surface area contributed by atoms with E-state index in [1.165, 1.54) is 32.2 Å². The Bertz CT molecular complexity index is 154. The Labute approximate surface area is 93.6 Å². The van der Waals surface area contributed by atoms with Crippen LogP contribution in [0.25, 0.3) is 0 Å². The van der Waals surface area contributed by atoms with Crippen molar-refractivity contribution in [2.75, 3.05) is 13.2 Å². The molecule has 1 rings (SSSR count). The van der Waals surface area contributed by atoms with Crippen molar-refractivity contribution in [2.45, 2.75) is 64.1 Å².